The standard InChI is InChI=1S/C18H19N3/c1-2-7-19-10-14-9-16(12-21-11-14)17-5-3-4-15-6-8-20-13-18(15)17/h3-6,8-9,11-13,19H,2,7,10H2,1H3. The molecule has 1 aromatic carbocycles. The first-order valence-electron chi connectivity index (χ1n) is 7.36. The van der Waals surface area contributed by atoms with Crippen LogP contribution in [0.15, 0.2) is 55.1 Å². The van der Waals surface area contributed by atoms with Gasteiger partial charge in [0, 0.05) is 42.3 Å². The lowest BCUT2D eigenvalue weighted by molar-refractivity contribution is 0.674. The Bertz CT molecular complexity index is 732. The van der Waals surface area contributed by atoms with Crippen LogP contribution in [0.3, 0.4) is 0 Å². The number of hydrogen-bond donors (Lipinski definition) is 1. The van der Waals surface area contributed by atoms with Crippen LogP contribution in [0.25, 0.3) is 21.9 Å². The van der Waals surface area contributed by atoms with Crippen LogP contribution in [0.2, 0.25) is 0 Å². The van der Waals surface area contributed by atoms with Gasteiger partial charge in [-0.3, -0.25) is 9.97 Å². The van der Waals surface area contributed by atoms with E-state index in [0.29, 0.717) is 0 Å². The summed E-state index contributed by atoms with van der Waals surface area (Å²) in [6.45, 7) is 4.06. The molecule has 2 heterocycles. The summed E-state index contributed by atoms with van der Waals surface area (Å²) in [7, 11) is 0. The lowest BCUT2D eigenvalue weighted by Crippen LogP contribution is -2.13. The van der Waals surface area contributed by atoms with Crippen molar-refractivity contribution in [3.8, 4) is 11.1 Å². The van der Waals surface area contributed by atoms with E-state index in [4.69, 9.17) is 0 Å². The van der Waals surface area contributed by atoms with Gasteiger partial charge in [-0.15, -0.1) is 0 Å². The lowest BCUT2D eigenvalue weighted by Gasteiger charge is -2.08. The molecule has 0 radical (unpaired) electrons. The first-order valence-corrected chi connectivity index (χ1v) is 7.36. The molecule has 106 valence electrons. The summed E-state index contributed by atoms with van der Waals surface area (Å²) in [6, 6.07) is 10.6. The van der Waals surface area contributed by atoms with Crippen molar-refractivity contribution >= 4 is 10.8 Å². The molecular formula is C18H19N3. The third-order valence-corrected chi connectivity index (χ3v) is 3.55. The Hall–Kier alpha value is -2.26. The minimum Gasteiger partial charge on any atom is -0.313 e. The molecule has 0 aliphatic rings. The first kappa shape index (κ1) is 13.7. The first-order chi connectivity index (χ1) is 10.4. The third-order valence-electron chi connectivity index (χ3n) is 3.55. The fraction of sp³-hybridized carbons (Fsp3) is 0.222. The SMILES string of the molecule is CCCNCc1cncc(-c2cccc3ccncc23)c1. The summed E-state index contributed by atoms with van der Waals surface area (Å²) in [5.74, 6) is 0. The van der Waals surface area contributed by atoms with E-state index < -0.39 is 0 Å². The van der Waals surface area contributed by atoms with Gasteiger partial charge in [-0.25, -0.2) is 0 Å². The molecule has 3 rings (SSSR count). The number of fused-ring (bicyclic) bond motifs is 1. The maximum absolute atomic E-state index is 4.39. The van der Waals surface area contributed by atoms with Gasteiger partial charge in [-0.1, -0.05) is 25.1 Å². The van der Waals surface area contributed by atoms with Crippen LogP contribution in [0.5, 0.6) is 0 Å². The molecule has 1 N–H and O–H groups in total. The summed E-state index contributed by atoms with van der Waals surface area (Å²) in [5, 5.41) is 5.79. The van der Waals surface area contributed by atoms with Crippen LogP contribution < -0.4 is 5.32 Å². The predicted octanol–water partition coefficient (Wildman–Crippen LogP) is 3.80. The lowest BCUT2D eigenvalue weighted by atomic mass is 10.00. The van der Waals surface area contributed by atoms with E-state index in [0.717, 1.165) is 25.1 Å². The van der Waals surface area contributed by atoms with Gasteiger partial charge in [-0.2, -0.15) is 0 Å². The highest BCUT2D eigenvalue weighted by atomic mass is 14.8. The fourth-order valence-electron chi connectivity index (χ4n) is 2.51. The second kappa shape index (κ2) is 6.46. The molecule has 0 saturated heterocycles. The highest BCUT2D eigenvalue weighted by molar-refractivity contribution is 5.95. The Kier molecular flexibility index (Phi) is 4.22. The number of benzene rings is 1. The van der Waals surface area contributed by atoms with Gasteiger partial charge >= 0.3 is 0 Å². The van der Waals surface area contributed by atoms with Crippen molar-refractivity contribution in [2.24, 2.45) is 0 Å². The summed E-state index contributed by atoms with van der Waals surface area (Å²) in [5.41, 5.74) is 3.54. The van der Waals surface area contributed by atoms with Crippen molar-refractivity contribution in [1.82, 2.24) is 15.3 Å². The Morgan fingerprint density at radius 3 is 2.90 bits per heavy atom. The second-order valence-electron chi connectivity index (χ2n) is 5.16. The molecule has 0 atom stereocenters. The zero-order valence-corrected chi connectivity index (χ0v) is 12.2. The monoisotopic (exact) mass is 277 g/mol. The summed E-state index contributed by atoms with van der Waals surface area (Å²) in [6.07, 6.45) is 8.74. The highest BCUT2D eigenvalue weighted by Gasteiger charge is 2.05. The average Bonchev–Trinajstić information content (AvgIpc) is 2.55. The Morgan fingerprint density at radius 2 is 2.00 bits per heavy atom. The molecule has 0 spiro atoms. The number of nitrogens with zero attached hydrogens (tertiary/aromatic N) is 2. The number of pyridine rings is 2. The van der Waals surface area contributed by atoms with Crippen LogP contribution in [0.4, 0.5) is 0 Å². The Morgan fingerprint density at radius 1 is 1.05 bits per heavy atom. The van der Waals surface area contributed by atoms with Gasteiger partial charge in [-0.05, 0) is 41.6 Å². The van der Waals surface area contributed by atoms with Crippen molar-refractivity contribution in [3.05, 3.63) is 60.7 Å². The normalized spacial score (nSPS) is 10.9. The minimum absolute atomic E-state index is 0.859. The molecule has 0 saturated carbocycles. The summed E-state index contributed by atoms with van der Waals surface area (Å²) in [4.78, 5) is 8.64. The molecule has 0 amide bonds. The summed E-state index contributed by atoms with van der Waals surface area (Å²) >= 11 is 0. The van der Waals surface area contributed by atoms with Crippen LogP contribution in [-0.4, -0.2) is 16.5 Å². The smallest absolute Gasteiger partial charge is 0.0352 e. The van der Waals surface area contributed by atoms with Crippen molar-refractivity contribution < 1.29 is 0 Å². The Balaban J connectivity index is 1.97. The minimum atomic E-state index is 0.859. The van der Waals surface area contributed by atoms with Gasteiger partial charge in [0.05, 0.1) is 0 Å². The highest BCUT2D eigenvalue weighted by Crippen LogP contribution is 2.27. The van der Waals surface area contributed by atoms with E-state index in [1.165, 1.54) is 21.9 Å². The molecule has 0 aliphatic carbocycles. The Labute approximate surface area is 125 Å². The van der Waals surface area contributed by atoms with Crippen LogP contribution in [-0.2, 0) is 6.54 Å². The number of nitrogens with one attached hydrogen (secondary N) is 1. The zero-order chi connectivity index (χ0) is 14.5. The molecule has 0 unspecified atom stereocenters. The zero-order valence-electron chi connectivity index (χ0n) is 12.2. The van der Waals surface area contributed by atoms with Crippen molar-refractivity contribution in [2.75, 3.05) is 6.54 Å². The van der Waals surface area contributed by atoms with E-state index in [9.17, 15) is 0 Å². The molecule has 0 bridgehead atoms. The van der Waals surface area contributed by atoms with Crippen LogP contribution >= 0.6 is 0 Å². The number of aromatic nitrogens is 2. The second-order valence-corrected chi connectivity index (χ2v) is 5.16. The van der Waals surface area contributed by atoms with E-state index in [-0.39, 0.29) is 0 Å². The topological polar surface area (TPSA) is 37.8 Å². The molecule has 3 heteroatoms. The third kappa shape index (κ3) is 3.09. The van der Waals surface area contributed by atoms with E-state index in [1.807, 2.05) is 30.9 Å². The largest absolute Gasteiger partial charge is 0.313 e. The van der Waals surface area contributed by atoms with Crippen LogP contribution in [0, 0.1) is 0 Å². The molecule has 3 nitrogen and oxygen atoms in total. The van der Waals surface area contributed by atoms with Crippen molar-refractivity contribution in [1.29, 1.82) is 0 Å². The molecule has 0 fully saturated rings. The fourth-order valence-corrected chi connectivity index (χ4v) is 2.51. The number of rotatable bonds is 5. The molecule has 21 heavy (non-hydrogen) atoms. The molecular weight excluding hydrogens is 258 g/mol. The predicted molar refractivity (Wildman–Crippen MR) is 87.0 cm³/mol. The average molecular weight is 277 g/mol. The van der Waals surface area contributed by atoms with E-state index in [2.05, 4.69) is 46.5 Å². The van der Waals surface area contributed by atoms with Gasteiger partial charge < -0.3 is 5.32 Å². The summed E-state index contributed by atoms with van der Waals surface area (Å²) < 4.78 is 0. The maximum Gasteiger partial charge on any atom is 0.0352 e. The molecule has 2 aromatic heterocycles. The van der Waals surface area contributed by atoms with Gasteiger partial charge in [0.25, 0.3) is 0 Å². The van der Waals surface area contributed by atoms with Gasteiger partial charge in [0.2, 0.25) is 0 Å². The van der Waals surface area contributed by atoms with Crippen molar-refractivity contribution in [2.45, 2.75) is 19.9 Å². The molecule has 0 aliphatic heterocycles. The van der Waals surface area contributed by atoms with E-state index in [1.54, 1.807) is 0 Å². The molecule has 3 aromatic rings. The number of hydrogen-bond acceptors (Lipinski definition) is 3. The van der Waals surface area contributed by atoms with Gasteiger partial charge in [0.1, 0.15) is 0 Å². The maximum atomic E-state index is 4.39. The van der Waals surface area contributed by atoms with Gasteiger partial charge in [0.15, 0.2) is 0 Å². The van der Waals surface area contributed by atoms with Crippen LogP contribution in [0.1, 0.15) is 18.9 Å². The quantitative estimate of drug-likeness (QED) is 0.721. The van der Waals surface area contributed by atoms with E-state index >= 15 is 0 Å². The van der Waals surface area contributed by atoms with Crippen molar-refractivity contribution in [3.63, 3.8) is 0 Å².